The van der Waals surface area contributed by atoms with Crippen LogP contribution in [-0.2, 0) is 9.13 Å². The van der Waals surface area contributed by atoms with E-state index in [1.54, 1.807) is 13.6 Å². The smallest absolute Gasteiger partial charge is 0.210 e. The molecule has 0 spiro atoms. The lowest BCUT2D eigenvalue weighted by atomic mass is 10.4. The molecule has 1 N–H and O–H groups in total. The summed E-state index contributed by atoms with van der Waals surface area (Å²) in [5, 5.41) is -0.394. The molecule has 0 aromatic heterocycles. The SMILES string of the molecule is CCP(=O)(O)C1CCCP1(C)=O. The maximum absolute atomic E-state index is 11.8. The second-order valence-corrected chi connectivity index (χ2v) is 10.2. The fourth-order valence-electron chi connectivity index (χ4n) is 1.80. The maximum Gasteiger partial charge on any atom is 0.210 e. The van der Waals surface area contributed by atoms with E-state index in [0.29, 0.717) is 12.6 Å². The van der Waals surface area contributed by atoms with Crippen LogP contribution in [0.5, 0.6) is 0 Å². The van der Waals surface area contributed by atoms with Crippen molar-refractivity contribution in [2.45, 2.75) is 25.2 Å². The zero-order valence-electron chi connectivity index (χ0n) is 7.56. The zero-order valence-corrected chi connectivity index (χ0v) is 9.35. The van der Waals surface area contributed by atoms with E-state index in [-0.39, 0.29) is 6.16 Å². The van der Waals surface area contributed by atoms with Crippen molar-refractivity contribution in [2.24, 2.45) is 0 Å². The van der Waals surface area contributed by atoms with Gasteiger partial charge in [0.15, 0.2) is 0 Å². The van der Waals surface area contributed by atoms with Crippen LogP contribution in [0.2, 0.25) is 0 Å². The molecule has 0 bridgehead atoms. The lowest BCUT2D eigenvalue weighted by Gasteiger charge is -2.21. The van der Waals surface area contributed by atoms with Crippen molar-refractivity contribution >= 4 is 14.5 Å². The van der Waals surface area contributed by atoms with Gasteiger partial charge in [0, 0.05) is 12.3 Å². The van der Waals surface area contributed by atoms with Crippen molar-refractivity contribution in [1.29, 1.82) is 0 Å². The van der Waals surface area contributed by atoms with E-state index in [1.807, 2.05) is 0 Å². The Kier molecular flexibility index (Phi) is 2.88. The molecule has 72 valence electrons. The Hall–Kier alpha value is 0.420. The molecule has 1 aliphatic heterocycles. The van der Waals surface area contributed by atoms with Crippen molar-refractivity contribution < 1.29 is 14.0 Å². The summed E-state index contributed by atoms with van der Waals surface area (Å²) in [4.78, 5) is 9.54. The summed E-state index contributed by atoms with van der Waals surface area (Å²) in [6.45, 7) is 3.36. The average molecular weight is 210 g/mol. The normalized spacial score (nSPS) is 41.1. The molecule has 3 unspecified atom stereocenters. The molecule has 1 rings (SSSR count). The molecular formula is C7H16O3P2. The van der Waals surface area contributed by atoms with Gasteiger partial charge in [0.25, 0.3) is 0 Å². The quantitative estimate of drug-likeness (QED) is 0.712. The summed E-state index contributed by atoms with van der Waals surface area (Å²) < 4.78 is 23.4. The van der Waals surface area contributed by atoms with Gasteiger partial charge in [0.1, 0.15) is 0 Å². The van der Waals surface area contributed by atoms with Crippen molar-refractivity contribution in [3.8, 4) is 0 Å². The van der Waals surface area contributed by atoms with E-state index in [9.17, 15) is 14.0 Å². The molecule has 0 aromatic carbocycles. The fourth-order valence-corrected chi connectivity index (χ4v) is 8.54. The summed E-state index contributed by atoms with van der Waals surface area (Å²) >= 11 is 0. The molecule has 3 atom stereocenters. The van der Waals surface area contributed by atoms with Crippen LogP contribution in [0.25, 0.3) is 0 Å². The van der Waals surface area contributed by atoms with Crippen molar-refractivity contribution in [2.75, 3.05) is 19.0 Å². The Morgan fingerprint density at radius 1 is 1.67 bits per heavy atom. The second-order valence-electron chi connectivity index (χ2n) is 3.59. The molecule has 5 heteroatoms. The first kappa shape index (κ1) is 10.5. The molecule has 1 fully saturated rings. The van der Waals surface area contributed by atoms with Gasteiger partial charge >= 0.3 is 0 Å². The standard InChI is InChI=1S/C7H16O3P2/c1-3-12(9,10)7-5-4-6-11(7,2)8/h7H,3-6H2,1-2H3,(H,9,10). The number of hydrogen-bond acceptors (Lipinski definition) is 2. The van der Waals surface area contributed by atoms with Crippen molar-refractivity contribution in [3.63, 3.8) is 0 Å². The van der Waals surface area contributed by atoms with Gasteiger partial charge < -0.3 is 9.46 Å². The third-order valence-corrected chi connectivity index (χ3v) is 9.98. The minimum Gasteiger partial charge on any atom is -0.344 e. The average Bonchev–Trinajstić information content (AvgIpc) is 2.30. The topological polar surface area (TPSA) is 54.4 Å². The molecule has 0 aliphatic carbocycles. The maximum atomic E-state index is 11.8. The van der Waals surface area contributed by atoms with Crippen molar-refractivity contribution in [1.82, 2.24) is 0 Å². The lowest BCUT2D eigenvalue weighted by Crippen LogP contribution is -2.05. The molecular weight excluding hydrogens is 194 g/mol. The zero-order chi connectivity index (χ0) is 9.41. The monoisotopic (exact) mass is 210 g/mol. The van der Waals surface area contributed by atoms with Gasteiger partial charge in [-0.15, -0.1) is 0 Å². The highest BCUT2D eigenvalue weighted by atomic mass is 31.2. The van der Waals surface area contributed by atoms with E-state index in [1.165, 1.54) is 0 Å². The van der Waals surface area contributed by atoms with Gasteiger partial charge in [-0.25, -0.2) is 0 Å². The van der Waals surface area contributed by atoms with Crippen LogP contribution < -0.4 is 0 Å². The molecule has 12 heavy (non-hydrogen) atoms. The summed E-state index contributed by atoms with van der Waals surface area (Å²) in [5.74, 6) is 0. The van der Waals surface area contributed by atoms with E-state index in [4.69, 9.17) is 0 Å². The molecule has 0 radical (unpaired) electrons. The van der Waals surface area contributed by atoms with Crippen LogP contribution in [0, 0.1) is 0 Å². The van der Waals surface area contributed by atoms with Gasteiger partial charge in [-0.2, -0.15) is 0 Å². The minimum atomic E-state index is -3.11. The second kappa shape index (κ2) is 3.29. The van der Waals surface area contributed by atoms with Gasteiger partial charge in [0.2, 0.25) is 7.37 Å². The van der Waals surface area contributed by atoms with Gasteiger partial charge in [0.05, 0.1) is 12.5 Å². The summed E-state index contributed by atoms with van der Waals surface area (Å²) in [6.07, 6.45) is 2.44. The lowest BCUT2D eigenvalue weighted by molar-refractivity contribution is 0.472. The van der Waals surface area contributed by atoms with Gasteiger partial charge in [-0.3, -0.25) is 4.57 Å². The molecule has 1 aliphatic rings. The Morgan fingerprint density at radius 2 is 2.25 bits per heavy atom. The van der Waals surface area contributed by atoms with E-state index in [2.05, 4.69) is 0 Å². The fraction of sp³-hybridized carbons (Fsp3) is 1.00. The highest BCUT2D eigenvalue weighted by Crippen LogP contribution is 2.69. The first-order valence-corrected chi connectivity index (χ1v) is 8.60. The predicted molar refractivity (Wildman–Crippen MR) is 51.8 cm³/mol. The van der Waals surface area contributed by atoms with Gasteiger partial charge in [-0.05, 0) is 19.5 Å². The van der Waals surface area contributed by atoms with E-state index >= 15 is 0 Å². The van der Waals surface area contributed by atoms with Crippen LogP contribution in [0.15, 0.2) is 0 Å². The van der Waals surface area contributed by atoms with Crippen LogP contribution in [0.4, 0.5) is 0 Å². The first-order valence-electron chi connectivity index (χ1n) is 4.28. The van der Waals surface area contributed by atoms with E-state index < -0.39 is 19.9 Å². The molecule has 0 amide bonds. The predicted octanol–water partition coefficient (Wildman–Crippen LogP) is 2.39. The largest absolute Gasteiger partial charge is 0.344 e. The number of hydrogen-bond donors (Lipinski definition) is 1. The van der Waals surface area contributed by atoms with Crippen LogP contribution in [-0.4, -0.2) is 29.3 Å². The van der Waals surface area contributed by atoms with Crippen LogP contribution in [0.3, 0.4) is 0 Å². The molecule has 1 heterocycles. The highest BCUT2D eigenvalue weighted by Gasteiger charge is 2.44. The Labute approximate surface area is 73.4 Å². The molecule has 3 nitrogen and oxygen atoms in total. The summed E-state index contributed by atoms with van der Waals surface area (Å²) in [6, 6.07) is 0. The molecule has 1 saturated heterocycles. The Morgan fingerprint density at radius 3 is 2.58 bits per heavy atom. The Balaban J connectivity index is 2.90. The summed E-state index contributed by atoms with van der Waals surface area (Å²) in [7, 11) is -5.41. The minimum absolute atomic E-state index is 0.259. The van der Waals surface area contributed by atoms with Crippen LogP contribution >= 0.6 is 14.5 Å². The van der Waals surface area contributed by atoms with Crippen molar-refractivity contribution in [3.05, 3.63) is 0 Å². The molecule has 0 saturated carbocycles. The third-order valence-electron chi connectivity index (χ3n) is 2.61. The number of rotatable bonds is 2. The summed E-state index contributed by atoms with van der Waals surface area (Å²) in [5.41, 5.74) is 0. The van der Waals surface area contributed by atoms with Gasteiger partial charge in [-0.1, -0.05) is 6.92 Å². The Bertz CT molecular complexity index is 261. The highest BCUT2D eigenvalue weighted by molar-refractivity contribution is 7.79. The molecule has 0 aromatic rings. The van der Waals surface area contributed by atoms with Crippen LogP contribution in [0.1, 0.15) is 19.8 Å². The third kappa shape index (κ3) is 1.84. The first-order chi connectivity index (χ1) is 5.40. The van der Waals surface area contributed by atoms with E-state index in [0.717, 1.165) is 6.42 Å².